The van der Waals surface area contributed by atoms with Gasteiger partial charge < -0.3 is 5.32 Å². The number of carbonyl (C=O) groups is 1. The van der Waals surface area contributed by atoms with Crippen LogP contribution in [0.5, 0.6) is 0 Å². The predicted octanol–water partition coefficient (Wildman–Crippen LogP) is 4.18. The number of benzene rings is 3. The highest BCUT2D eigenvalue weighted by Crippen LogP contribution is 2.19. The Morgan fingerprint density at radius 3 is 2.33 bits per heavy atom. The molecule has 0 spiro atoms. The average Bonchev–Trinajstić information content (AvgIpc) is 2.67. The molecule has 0 fully saturated rings. The van der Waals surface area contributed by atoms with Crippen LogP contribution in [0, 0.1) is 22.0 Å². The van der Waals surface area contributed by atoms with E-state index < -0.39 is 4.92 Å². The van der Waals surface area contributed by atoms with Crippen molar-refractivity contribution in [3.8, 4) is 11.8 Å². The second-order valence-electron chi connectivity index (χ2n) is 5.81. The fourth-order valence-corrected chi connectivity index (χ4v) is 2.56. The maximum absolute atomic E-state index is 12.3. The lowest BCUT2D eigenvalue weighted by Gasteiger charge is -2.06. The summed E-state index contributed by atoms with van der Waals surface area (Å²) in [5.41, 5.74) is 2.58. The molecule has 0 aromatic heterocycles. The van der Waals surface area contributed by atoms with Crippen molar-refractivity contribution in [1.82, 2.24) is 0 Å². The standard InChI is InChI=1S/C22H16N2O3/c25-22(16-19-10-4-5-12-21(19)24(26)27)23-20-11-6-9-18(15-20)14-13-17-7-2-1-3-8-17/h1-12,15H,16H2,(H,23,25). The van der Waals surface area contributed by atoms with Crippen LogP contribution >= 0.6 is 0 Å². The largest absolute Gasteiger partial charge is 0.326 e. The van der Waals surface area contributed by atoms with Crippen molar-refractivity contribution in [1.29, 1.82) is 0 Å². The van der Waals surface area contributed by atoms with Gasteiger partial charge in [0.25, 0.3) is 5.69 Å². The summed E-state index contributed by atoms with van der Waals surface area (Å²) >= 11 is 0. The topological polar surface area (TPSA) is 72.2 Å². The van der Waals surface area contributed by atoms with Crippen molar-refractivity contribution in [3.05, 3.63) is 106 Å². The van der Waals surface area contributed by atoms with Gasteiger partial charge in [-0.1, -0.05) is 54.3 Å². The van der Waals surface area contributed by atoms with Crippen LogP contribution < -0.4 is 5.32 Å². The van der Waals surface area contributed by atoms with Gasteiger partial charge in [0, 0.05) is 28.4 Å². The zero-order valence-corrected chi connectivity index (χ0v) is 14.4. The molecule has 1 N–H and O–H groups in total. The maximum Gasteiger partial charge on any atom is 0.273 e. The molecule has 3 aromatic rings. The van der Waals surface area contributed by atoms with Gasteiger partial charge in [-0.15, -0.1) is 0 Å². The first kappa shape index (κ1) is 17.9. The molecule has 0 unspecified atom stereocenters. The molecule has 1 amide bonds. The van der Waals surface area contributed by atoms with Crippen LogP contribution in [0.25, 0.3) is 0 Å². The second-order valence-corrected chi connectivity index (χ2v) is 5.81. The van der Waals surface area contributed by atoms with Crippen LogP contribution in [0.15, 0.2) is 78.9 Å². The molecule has 0 bridgehead atoms. The van der Waals surface area contributed by atoms with Crippen LogP contribution in [-0.2, 0) is 11.2 Å². The van der Waals surface area contributed by atoms with Gasteiger partial charge in [0.1, 0.15) is 0 Å². The van der Waals surface area contributed by atoms with E-state index in [1.54, 1.807) is 36.4 Å². The number of nitro groups is 1. The quantitative estimate of drug-likeness (QED) is 0.433. The van der Waals surface area contributed by atoms with E-state index in [4.69, 9.17) is 0 Å². The highest BCUT2D eigenvalue weighted by atomic mass is 16.6. The molecule has 5 nitrogen and oxygen atoms in total. The van der Waals surface area contributed by atoms with Gasteiger partial charge in [0.15, 0.2) is 0 Å². The Kier molecular flexibility index (Phi) is 5.60. The minimum absolute atomic E-state index is 0.0601. The molecule has 0 saturated carbocycles. The molecule has 0 atom stereocenters. The van der Waals surface area contributed by atoms with Crippen LogP contribution in [-0.4, -0.2) is 10.8 Å². The Labute approximate surface area is 156 Å². The molecule has 0 radical (unpaired) electrons. The van der Waals surface area contributed by atoms with Crippen molar-refractivity contribution in [2.45, 2.75) is 6.42 Å². The van der Waals surface area contributed by atoms with Gasteiger partial charge in [-0.2, -0.15) is 0 Å². The second kappa shape index (κ2) is 8.45. The van der Waals surface area contributed by atoms with Crippen molar-refractivity contribution in [2.24, 2.45) is 0 Å². The van der Waals surface area contributed by atoms with Crippen LogP contribution in [0.1, 0.15) is 16.7 Å². The molecule has 0 aliphatic heterocycles. The zero-order chi connectivity index (χ0) is 19.1. The number of para-hydroxylation sites is 1. The Hall–Kier alpha value is -3.91. The van der Waals surface area contributed by atoms with Crippen LogP contribution in [0.2, 0.25) is 0 Å². The molecular formula is C22H16N2O3. The summed E-state index contributed by atoms with van der Waals surface area (Å²) in [6.45, 7) is 0. The summed E-state index contributed by atoms with van der Waals surface area (Å²) in [5, 5.41) is 13.8. The Bertz CT molecular complexity index is 1030. The molecule has 3 aromatic carbocycles. The van der Waals surface area contributed by atoms with Crippen molar-refractivity contribution in [3.63, 3.8) is 0 Å². The fraction of sp³-hybridized carbons (Fsp3) is 0.0455. The number of amides is 1. The molecule has 5 heteroatoms. The van der Waals surface area contributed by atoms with E-state index in [-0.39, 0.29) is 18.0 Å². The number of carbonyl (C=O) groups excluding carboxylic acids is 1. The van der Waals surface area contributed by atoms with Gasteiger partial charge in [-0.25, -0.2) is 0 Å². The first-order valence-corrected chi connectivity index (χ1v) is 8.31. The monoisotopic (exact) mass is 356 g/mol. The van der Waals surface area contributed by atoms with Crippen molar-refractivity contribution < 1.29 is 9.72 Å². The molecule has 27 heavy (non-hydrogen) atoms. The number of nitro benzene ring substituents is 1. The molecular weight excluding hydrogens is 340 g/mol. The summed E-state index contributed by atoms with van der Waals surface area (Å²) in [6, 6.07) is 23.0. The Morgan fingerprint density at radius 1 is 0.889 bits per heavy atom. The summed E-state index contributed by atoms with van der Waals surface area (Å²) < 4.78 is 0. The van der Waals surface area contributed by atoms with E-state index in [9.17, 15) is 14.9 Å². The van der Waals surface area contributed by atoms with E-state index in [0.29, 0.717) is 11.3 Å². The van der Waals surface area contributed by atoms with E-state index in [2.05, 4.69) is 17.2 Å². The first-order chi connectivity index (χ1) is 13.1. The van der Waals surface area contributed by atoms with Gasteiger partial charge in [-0.3, -0.25) is 14.9 Å². The zero-order valence-electron chi connectivity index (χ0n) is 14.4. The lowest BCUT2D eigenvalue weighted by atomic mass is 10.1. The third kappa shape index (κ3) is 5.03. The van der Waals surface area contributed by atoms with E-state index in [0.717, 1.165) is 11.1 Å². The molecule has 0 aliphatic rings. The SMILES string of the molecule is O=C(Cc1ccccc1[N+](=O)[O-])Nc1cccc(C#Cc2ccccc2)c1. The van der Waals surface area contributed by atoms with Crippen molar-refractivity contribution >= 4 is 17.3 Å². The van der Waals surface area contributed by atoms with Gasteiger partial charge in [0.2, 0.25) is 5.91 Å². The minimum Gasteiger partial charge on any atom is -0.326 e. The smallest absolute Gasteiger partial charge is 0.273 e. The number of nitrogens with zero attached hydrogens (tertiary/aromatic N) is 1. The van der Waals surface area contributed by atoms with Crippen LogP contribution in [0.4, 0.5) is 11.4 Å². The highest BCUT2D eigenvalue weighted by Gasteiger charge is 2.15. The lowest BCUT2D eigenvalue weighted by Crippen LogP contribution is -2.15. The molecule has 0 aliphatic carbocycles. The Morgan fingerprint density at radius 2 is 1.56 bits per heavy atom. The fourth-order valence-electron chi connectivity index (χ4n) is 2.56. The predicted molar refractivity (Wildman–Crippen MR) is 104 cm³/mol. The van der Waals surface area contributed by atoms with E-state index in [1.807, 2.05) is 36.4 Å². The summed E-state index contributed by atoms with van der Waals surface area (Å²) in [4.78, 5) is 22.8. The molecule has 0 saturated heterocycles. The number of hydrogen-bond acceptors (Lipinski definition) is 3. The van der Waals surface area contributed by atoms with E-state index >= 15 is 0 Å². The third-order valence-corrected chi connectivity index (χ3v) is 3.81. The third-order valence-electron chi connectivity index (χ3n) is 3.81. The normalized spacial score (nSPS) is 9.78. The molecule has 3 rings (SSSR count). The van der Waals surface area contributed by atoms with E-state index in [1.165, 1.54) is 6.07 Å². The maximum atomic E-state index is 12.3. The number of hydrogen-bond donors (Lipinski definition) is 1. The Balaban J connectivity index is 1.71. The number of anilines is 1. The molecule has 0 heterocycles. The minimum atomic E-state index is -0.484. The first-order valence-electron chi connectivity index (χ1n) is 8.31. The van der Waals surface area contributed by atoms with Gasteiger partial charge in [-0.05, 0) is 30.3 Å². The number of rotatable bonds is 4. The summed E-state index contributed by atoms with van der Waals surface area (Å²) in [5.74, 6) is 5.80. The molecule has 132 valence electrons. The van der Waals surface area contributed by atoms with Crippen molar-refractivity contribution in [2.75, 3.05) is 5.32 Å². The summed E-state index contributed by atoms with van der Waals surface area (Å²) in [7, 11) is 0. The van der Waals surface area contributed by atoms with Gasteiger partial charge >= 0.3 is 0 Å². The number of nitrogens with one attached hydrogen (secondary N) is 1. The highest BCUT2D eigenvalue weighted by molar-refractivity contribution is 5.93. The van der Waals surface area contributed by atoms with Gasteiger partial charge in [0.05, 0.1) is 11.3 Å². The van der Waals surface area contributed by atoms with Crippen LogP contribution in [0.3, 0.4) is 0 Å². The lowest BCUT2D eigenvalue weighted by molar-refractivity contribution is -0.385. The average molecular weight is 356 g/mol. The summed E-state index contributed by atoms with van der Waals surface area (Å²) in [6.07, 6.45) is -0.0723.